The topological polar surface area (TPSA) is 67.1 Å². The number of halogens is 1. The van der Waals surface area contributed by atoms with Crippen LogP contribution in [0.25, 0.3) is 0 Å². The molecule has 108 valence electrons. The first-order valence-corrected chi connectivity index (χ1v) is 7.62. The third kappa shape index (κ3) is 3.19. The van der Waals surface area contributed by atoms with Crippen LogP contribution in [0.4, 0.5) is 17.1 Å². The highest BCUT2D eigenvalue weighted by molar-refractivity contribution is 9.10. The summed E-state index contributed by atoms with van der Waals surface area (Å²) in [4.78, 5) is 11.4. The third-order valence-electron chi connectivity index (χ3n) is 3.54. The van der Waals surface area contributed by atoms with Crippen LogP contribution < -0.4 is 16.4 Å². The second-order valence-electron chi connectivity index (χ2n) is 5.13. The molecule has 0 aliphatic carbocycles. The van der Waals surface area contributed by atoms with Gasteiger partial charge in [0.05, 0.1) is 11.4 Å². The minimum atomic E-state index is 0.0525. The molecule has 1 aliphatic rings. The number of amides is 1. The molecule has 4 N–H and O–H groups in total. The zero-order valence-corrected chi connectivity index (χ0v) is 13.0. The van der Waals surface area contributed by atoms with E-state index >= 15 is 0 Å². The summed E-state index contributed by atoms with van der Waals surface area (Å²) in [5.74, 6) is 0.0525. The number of nitrogen functional groups attached to an aromatic ring is 1. The summed E-state index contributed by atoms with van der Waals surface area (Å²) >= 11 is 3.47. The minimum absolute atomic E-state index is 0.0525. The second-order valence-corrected chi connectivity index (χ2v) is 6.04. The van der Waals surface area contributed by atoms with Crippen LogP contribution >= 0.6 is 15.9 Å². The molecule has 2 aromatic carbocycles. The molecule has 1 aliphatic heterocycles. The van der Waals surface area contributed by atoms with Gasteiger partial charge in [-0.25, -0.2) is 0 Å². The van der Waals surface area contributed by atoms with Gasteiger partial charge in [0, 0.05) is 23.1 Å². The molecule has 4 nitrogen and oxygen atoms in total. The Morgan fingerprint density at radius 1 is 1.24 bits per heavy atom. The molecular formula is C16H16BrN3O. The summed E-state index contributed by atoms with van der Waals surface area (Å²) < 4.78 is 1.06. The minimum Gasteiger partial charge on any atom is -0.397 e. The zero-order chi connectivity index (χ0) is 14.8. The number of hydrogen-bond acceptors (Lipinski definition) is 3. The maximum Gasteiger partial charge on any atom is 0.224 e. The number of nitrogens with one attached hydrogen (secondary N) is 2. The lowest BCUT2D eigenvalue weighted by molar-refractivity contribution is -0.116. The van der Waals surface area contributed by atoms with Crippen molar-refractivity contribution in [3.05, 3.63) is 52.0 Å². The summed E-state index contributed by atoms with van der Waals surface area (Å²) in [5, 5.41) is 6.22. The molecule has 0 aromatic heterocycles. The van der Waals surface area contributed by atoms with Crippen molar-refractivity contribution >= 4 is 38.9 Å². The lowest BCUT2D eigenvalue weighted by Gasteiger charge is -2.20. The Morgan fingerprint density at radius 3 is 2.90 bits per heavy atom. The van der Waals surface area contributed by atoms with Crippen LogP contribution in [0.3, 0.4) is 0 Å². The molecule has 5 heteroatoms. The van der Waals surface area contributed by atoms with E-state index in [2.05, 4.69) is 38.7 Å². The Labute approximate surface area is 131 Å². The number of hydrogen-bond donors (Lipinski definition) is 3. The van der Waals surface area contributed by atoms with Gasteiger partial charge < -0.3 is 16.4 Å². The maximum atomic E-state index is 11.4. The van der Waals surface area contributed by atoms with Crippen LogP contribution in [0.2, 0.25) is 0 Å². The molecule has 3 rings (SSSR count). The van der Waals surface area contributed by atoms with Gasteiger partial charge >= 0.3 is 0 Å². The average Bonchev–Trinajstić information content (AvgIpc) is 2.45. The van der Waals surface area contributed by atoms with Crippen molar-refractivity contribution in [2.75, 3.05) is 16.4 Å². The predicted octanol–water partition coefficient (Wildman–Crippen LogP) is 3.53. The Balaban J connectivity index is 1.78. The number of aryl methyl sites for hydroxylation is 1. The van der Waals surface area contributed by atoms with E-state index in [0.717, 1.165) is 27.8 Å². The van der Waals surface area contributed by atoms with E-state index in [-0.39, 0.29) is 5.91 Å². The van der Waals surface area contributed by atoms with Gasteiger partial charge in [-0.15, -0.1) is 0 Å². The zero-order valence-electron chi connectivity index (χ0n) is 11.4. The average molecular weight is 346 g/mol. The Kier molecular flexibility index (Phi) is 3.84. The van der Waals surface area contributed by atoms with Crippen molar-refractivity contribution in [1.29, 1.82) is 0 Å². The highest BCUT2D eigenvalue weighted by Gasteiger charge is 2.16. The number of carbonyl (C=O) groups is 1. The highest BCUT2D eigenvalue weighted by atomic mass is 79.9. The number of anilines is 3. The van der Waals surface area contributed by atoms with Crippen LogP contribution in [0, 0.1) is 0 Å². The molecule has 2 aromatic rings. The van der Waals surface area contributed by atoms with Gasteiger partial charge in [0.15, 0.2) is 0 Å². The van der Waals surface area contributed by atoms with E-state index in [1.807, 2.05) is 24.3 Å². The Hall–Kier alpha value is -2.01. The molecule has 0 atom stereocenters. The number of carbonyl (C=O) groups excluding carboxylic acids is 1. The Morgan fingerprint density at radius 2 is 2.10 bits per heavy atom. The van der Waals surface area contributed by atoms with Crippen molar-refractivity contribution in [3.63, 3.8) is 0 Å². The van der Waals surface area contributed by atoms with E-state index in [1.165, 1.54) is 5.56 Å². The van der Waals surface area contributed by atoms with Crippen molar-refractivity contribution < 1.29 is 4.79 Å². The van der Waals surface area contributed by atoms with E-state index in [4.69, 9.17) is 5.73 Å². The van der Waals surface area contributed by atoms with E-state index in [9.17, 15) is 4.79 Å². The number of rotatable bonds is 3. The van der Waals surface area contributed by atoms with Gasteiger partial charge in [-0.1, -0.05) is 28.1 Å². The van der Waals surface area contributed by atoms with Gasteiger partial charge in [-0.05, 0) is 41.8 Å². The van der Waals surface area contributed by atoms with E-state index < -0.39 is 0 Å². The molecule has 1 amide bonds. The van der Waals surface area contributed by atoms with Crippen molar-refractivity contribution in [1.82, 2.24) is 0 Å². The van der Waals surface area contributed by atoms with Crippen molar-refractivity contribution in [3.8, 4) is 0 Å². The van der Waals surface area contributed by atoms with Gasteiger partial charge in [0.1, 0.15) is 0 Å². The predicted molar refractivity (Wildman–Crippen MR) is 89.3 cm³/mol. The van der Waals surface area contributed by atoms with Crippen LogP contribution in [0.5, 0.6) is 0 Å². The number of nitrogens with two attached hydrogens (primary N) is 1. The molecule has 0 radical (unpaired) electrons. The van der Waals surface area contributed by atoms with Gasteiger partial charge in [0.25, 0.3) is 0 Å². The lowest BCUT2D eigenvalue weighted by atomic mass is 10.0. The second kappa shape index (κ2) is 5.77. The van der Waals surface area contributed by atoms with Crippen LogP contribution in [0.15, 0.2) is 40.9 Å². The maximum absolute atomic E-state index is 11.4. The molecule has 0 saturated heterocycles. The third-order valence-corrected chi connectivity index (χ3v) is 4.04. The SMILES string of the molecule is Nc1cc2c(cc1NCc1cccc(Br)c1)CCC(=O)N2. The molecule has 0 unspecified atom stereocenters. The molecule has 0 bridgehead atoms. The molecular weight excluding hydrogens is 330 g/mol. The summed E-state index contributed by atoms with van der Waals surface area (Å²) in [6.45, 7) is 0.703. The summed E-state index contributed by atoms with van der Waals surface area (Å²) in [6, 6.07) is 12.0. The summed E-state index contributed by atoms with van der Waals surface area (Å²) in [6.07, 6.45) is 1.29. The van der Waals surface area contributed by atoms with Crippen LogP contribution in [-0.4, -0.2) is 5.91 Å². The molecule has 1 heterocycles. The summed E-state index contributed by atoms with van der Waals surface area (Å²) in [5.41, 5.74) is 10.7. The van der Waals surface area contributed by atoms with Crippen molar-refractivity contribution in [2.24, 2.45) is 0 Å². The summed E-state index contributed by atoms with van der Waals surface area (Å²) in [7, 11) is 0. The first-order chi connectivity index (χ1) is 10.1. The van der Waals surface area contributed by atoms with E-state index in [0.29, 0.717) is 18.7 Å². The molecule has 0 spiro atoms. The molecule has 21 heavy (non-hydrogen) atoms. The normalized spacial score (nSPS) is 13.5. The first kappa shape index (κ1) is 13.9. The smallest absolute Gasteiger partial charge is 0.224 e. The van der Waals surface area contributed by atoms with Gasteiger partial charge in [0.2, 0.25) is 5.91 Å². The number of fused-ring (bicyclic) bond motifs is 1. The quantitative estimate of drug-likeness (QED) is 0.745. The fourth-order valence-electron chi connectivity index (χ4n) is 2.44. The molecule has 0 saturated carbocycles. The van der Waals surface area contributed by atoms with Gasteiger partial charge in [-0.3, -0.25) is 4.79 Å². The first-order valence-electron chi connectivity index (χ1n) is 6.82. The Bertz CT molecular complexity index is 700. The standard InChI is InChI=1S/C16H16BrN3O/c17-12-3-1-2-10(6-12)9-19-15-7-11-4-5-16(21)20-14(11)8-13(15)18/h1-3,6-8,19H,4-5,9,18H2,(H,20,21). The monoisotopic (exact) mass is 345 g/mol. The van der Waals surface area contributed by atoms with Crippen LogP contribution in [-0.2, 0) is 17.8 Å². The van der Waals surface area contributed by atoms with Crippen LogP contribution in [0.1, 0.15) is 17.5 Å². The lowest BCUT2D eigenvalue weighted by Crippen LogP contribution is -2.19. The molecule has 0 fully saturated rings. The largest absolute Gasteiger partial charge is 0.397 e. The highest BCUT2D eigenvalue weighted by Crippen LogP contribution is 2.31. The van der Waals surface area contributed by atoms with Gasteiger partial charge in [-0.2, -0.15) is 0 Å². The van der Waals surface area contributed by atoms with Crippen molar-refractivity contribution in [2.45, 2.75) is 19.4 Å². The fourth-order valence-corrected chi connectivity index (χ4v) is 2.89. The number of benzene rings is 2. The van der Waals surface area contributed by atoms with E-state index in [1.54, 1.807) is 0 Å². The fraction of sp³-hybridized carbons (Fsp3) is 0.188.